The highest BCUT2D eigenvalue weighted by Crippen LogP contribution is 2.38. The number of hydrogen-bond donors (Lipinski definition) is 2. The van der Waals surface area contributed by atoms with E-state index in [0.717, 1.165) is 5.56 Å². The van der Waals surface area contributed by atoms with Crippen LogP contribution >= 0.6 is 11.6 Å². The highest BCUT2D eigenvalue weighted by molar-refractivity contribution is 6.28. The normalized spacial score (nSPS) is 20.9. The van der Waals surface area contributed by atoms with Crippen LogP contribution in [0.15, 0.2) is 36.7 Å². The number of nitrogens with two attached hydrogens (primary N) is 1. The van der Waals surface area contributed by atoms with Crippen molar-refractivity contribution in [3.63, 3.8) is 0 Å². The number of halogens is 2. The number of aromatic nitrogens is 4. The minimum atomic E-state index is -1.40. The molecule has 1 saturated heterocycles. The van der Waals surface area contributed by atoms with Crippen LogP contribution in [0.2, 0.25) is 5.28 Å². The van der Waals surface area contributed by atoms with Crippen LogP contribution in [0.5, 0.6) is 0 Å². The first-order valence-electron chi connectivity index (χ1n) is 11.6. The topological polar surface area (TPSA) is 161 Å². The molecule has 0 spiro atoms. The van der Waals surface area contributed by atoms with Crippen molar-refractivity contribution in [3.05, 3.63) is 47.5 Å². The summed E-state index contributed by atoms with van der Waals surface area (Å²) in [5.74, 6) is -0.463. The van der Waals surface area contributed by atoms with E-state index in [1.54, 1.807) is 27.7 Å². The number of carbonyl (C=O) groups is 2. The van der Waals surface area contributed by atoms with Crippen molar-refractivity contribution >= 4 is 40.9 Å². The molecular formula is C24H29ClFN5O7. The van der Waals surface area contributed by atoms with E-state index < -0.39 is 42.3 Å². The maximum Gasteiger partial charge on any atom is 0.508 e. The Kier molecular flexibility index (Phi) is 9.28. The van der Waals surface area contributed by atoms with Gasteiger partial charge in [-0.2, -0.15) is 9.97 Å². The molecule has 14 heteroatoms. The average Bonchev–Trinajstić information content (AvgIpc) is 3.37. The van der Waals surface area contributed by atoms with Crippen LogP contribution in [0.3, 0.4) is 0 Å². The molecule has 206 valence electrons. The van der Waals surface area contributed by atoms with Gasteiger partial charge in [-0.05, 0) is 37.9 Å². The number of nitrogen functional groups attached to an aromatic ring is 1. The average molecular weight is 554 g/mol. The quantitative estimate of drug-likeness (QED) is 0.331. The predicted octanol–water partition coefficient (Wildman–Crippen LogP) is 4.77. The fraction of sp³-hybridized carbons (Fsp3) is 0.458. The van der Waals surface area contributed by atoms with E-state index in [9.17, 15) is 14.0 Å². The Morgan fingerprint density at radius 1 is 1.21 bits per heavy atom. The Morgan fingerprint density at radius 3 is 2.50 bits per heavy atom. The first kappa shape index (κ1) is 28.9. The number of alkyl halides is 1. The van der Waals surface area contributed by atoms with Gasteiger partial charge < -0.3 is 29.8 Å². The number of anilines is 1. The maximum absolute atomic E-state index is 15.0. The summed E-state index contributed by atoms with van der Waals surface area (Å²) in [6.07, 6.45) is -3.81. The summed E-state index contributed by atoms with van der Waals surface area (Å²) in [4.78, 5) is 33.7. The van der Waals surface area contributed by atoms with Crippen molar-refractivity contribution in [2.45, 2.75) is 58.4 Å². The van der Waals surface area contributed by atoms with Gasteiger partial charge in [-0.1, -0.05) is 37.3 Å². The smallest absolute Gasteiger partial charge is 0.450 e. The van der Waals surface area contributed by atoms with Crippen LogP contribution in [0.4, 0.5) is 19.8 Å². The van der Waals surface area contributed by atoms with Gasteiger partial charge in [0.2, 0.25) is 5.28 Å². The van der Waals surface area contributed by atoms with E-state index in [4.69, 9.17) is 36.7 Å². The molecule has 0 unspecified atom stereocenters. The zero-order valence-corrected chi connectivity index (χ0v) is 22.0. The second-order valence-corrected chi connectivity index (χ2v) is 9.72. The van der Waals surface area contributed by atoms with Gasteiger partial charge in [0.1, 0.15) is 24.3 Å². The molecule has 0 saturated carbocycles. The highest BCUT2D eigenvalue weighted by Gasteiger charge is 2.44. The molecule has 4 atom stereocenters. The molecule has 3 heterocycles. The van der Waals surface area contributed by atoms with Gasteiger partial charge in [-0.15, -0.1) is 0 Å². The zero-order chi connectivity index (χ0) is 28.0. The van der Waals surface area contributed by atoms with Gasteiger partial charge in [-0.25, -0.2) is 19.0 Å². The lowest BCUT2D eigenvalue weighted by Gasteiger charge is -2.16. The molecule has 4 rings (SSSR count). The van der Waals surface area contributed by atoms with Gasteiger partial charge >= 0.3 is 12.3 Å². The minimum Gasteiger partial charge on any atom is -0.450 e. The molecule has 0 amide bonds. The molecule has 3 N–H and O–H groups in total. The summed E-state index contributed by atoms with van der Waals surface area (Å²) in [6, 6.07) is 9.19. The first-order chi connectivity index (χ1) is 17.9. The first-order valence-corrected chi connectivity index (χ1v) is 11.9. The van der Waals surface area contributed by atoms with Crippen LogP contribution in [0.25, 0.3) is 11.2 Å². The number of fused-ring (bicyclic) bond motifs is 1. The lowest BCUT2D eigenvalue weighted by atomic mass is 10.0. The van der Waals surface area contributed by atoms with Crippen molar-refractivity contribution < 1.29 is 38.0 Å². The molecule has 0 aliphatic carbocycles. The van der Waals surface area contributed by atoms with Crippen LogP contribution < -0.4 is 5.73 Å². The van der Waals surface area contributed by atoms with E-state index in [2.05, 4.69) is 19.7 Å². The molecule has 0 bridgehead atoms. The van der Waals surface area contributed by atoms with E-state index in [-0.39, 0.29) is 30.0 Å². The van der Waals surface area contributed by atoms with Crippen molar-refractivity contribution in [1.82, 2.24) is 19.5 Å². The van der Waals surface area contributed by atoms with Crippen molar-refractivity contribution in [2.24, 2.45) is 5.92 Å². The molecule has 1 fully saturated rings. The summed E-state index contributed by atoms with van der Waals surface area (Å²) in [7, 11) is 0. The van der Waals surface area contributed by atoms with Crippen LogP contribution in [0, 0.1) is 5.92 Å². The maximum atomic E-state index is 15.0. The zero-order valence-electron chi connectivity index (χ0n) is 21.2. The second-order valence-electron chi connectivity index (χ2n) is 9.39. The number of ether oxygens (including phenoxy) is 4. The Balaban J connectivity index is 0.000000436. The van der Waals surface area contributed by atoms with Gasteiger partial charge in [0, 0.05) is 5.92 Å². The number of carbonyl (C=O) groups excluding carboxylic acids is 1. The highest BCUT2D eigenvalue weighted by atomic mass is 35.5. The molecule has 0 radical (unpaired) electrons. The lowest BCUT2D eigenvalue weighted by molar-refractivity contribution is -0.0508. The lowest BCUT2D eigenvalue weighted by Crippen LogP contribution is -2.25. The molecule has 1 aromatic carbocycles. The fourth-order valence-electron chi connectivity index (χ4n) is 3.52. The molecular weight excluding hydrogens is 525 g/mol. The molecule has 12 nitrogen and oxygen atoms in total. The van der Waals surface area contributed by atoms with E-state index >= 15 is 0 Å². The van der Waals surface area contributed by atoms with E-state index in [1.807, 2.05) is 30.3 Å². The standard InChI is InChI=1S/C19H19ClFN5O4.C5H10O3/c1-10-12(8-29-19(27)28-7-11-5-3-2-4-6-11)30-17(13(10)21)26-9-23-14-15(22)24-18(20)25-16(14)26;1-5(2,3)8-4(6)7/h2-6,9-10,12-13,17H,7-8H2,1H3,(H2,22,24,25);1-3H3,(H,6,7)/t10-,12-,13+,17-;/m1./s1. The third kappa shape index (κ3) is 7.65. The molecule has 2 aromatic heterocycles. The number of rotatable bonds is 5. The number of hydrogen-bond acceptors (Lipinski definition) is 10. The van der Waals surface area contributed by atoms with Gasteiger partial charge in [0.15, 0.2) is 23.9 Å². The summed E-state index contributed by atoms with van der Waals surface area (Å²) in [5, 5.41) is 7.95. The van der Waals surface area contributed by atoms with Gasteiger partial charge in [-0.3, -0.25) is 4.57 Å². The van der Waals surface area contributed by atoms with Crippen molar-refractivity contribution in [3.8, 4) is 0 Å². The third-order valence-electron chi connectivity index (χ3n) is 5.33. The Morgan fingerprint density at radius 2 is 1.89 bits per heavy atom. The largest absolute Gasteiger partial charge is 0.508 e. The number of imidazole rings is 1. The summed E-state index contributed by atoms with van der Waals surface area (Å²) in [5.41, 5.74) is 6.60. The number of nitrogens with zero attached hydrogens (tertiary/aromatic N) is 4. The number of benzene rings is 1. The van der Waals surface area contributed by atoms with Gasteiger partial charge in [0.05, 0.1) is 12.4 Å². The number of carboxylic acid groups (broad SMARTS) is 1. The summed E-state index contributed by atoms with van der Waals surface area (Å²) < 4.78 is 36.7. The Labute approximate surface area is 222 Å². The monoisotopic (exact) mass is 553 g/mol. The molecule has 38 heavy (non-hydrogen) atoms. The Hall–Kier alpha value is -3.71. The Bertz CT molecular complexity index is 1250. The summed E-state index contributed by atoms with van der Waals surface area (Å²) in [6.45, 7) is 6.64. The summed E-state index contributed by atoms with van der Waals surface area (Å²) >= 11 is 5.86. The minimum absolute atomic E-state index is 0.0794. The predicted molar refractivity (Wildman–Crippen MR) is 134 cm³/mol. The molecule has 1 aliphatic rings. The van der Waals surface area contributed by atoms with Crippen LogP contribution in [-0.2, 0) is 25.6 Å². The van der Waals surface area contributed by atoms with Crippen LogP contribution in [-0.4, -0.2) is 61.4 Å². The van der Waals surface area contributed by atoms with Gasteiger partial charge in [0.25, 0.3) is 0 Å². The second kappa shape index (κ2) is 12.2. The van der Waals surface area contributed by atoms with Crippen LogP contribution in [0.1, 0.15) is 39.5 Å². The van der Waals surface area contributed by atoms with Crippen molar-refractivity contribution in [1.29, 1.82) is 0 Å². The third-order valence-corrected chi connectivity index (χ3v) is 5.50. The fourth-order valence-corrected chi connectivity index (χ4v) is 3.69. The van der Waals surface area contributed by atoms with E-state index in [0.29, 0.717) is 5.52 Å². The molecule has 3 aromatic rings. The van der Waals surface area contributed by atoms with Crippen molar-refractivity contribution in [2.75, 3.05) is 12.3 Å². The molecule has 1 aliphatic heterocycles. The van der Waals surface area contributed by atoms with E-state index in [1.165, 1.54) is 10.9 Å². The SMILES string of the molecule is CC(C)(C)OC(=O)O.C[C@H]1[C@H](F)[C@H](n2cnc3c(N)nc(Cl)nc32)O[C@@H]1COC(=O)OCc1ccccc1.